The van der Waals surface area contributed by atoms with Gasteiger partial charge in [-0.1, -0.05) is 6.92 Å². The molecule has 0 aliphatic heterocycles. The molecule has 3 heteroatoms. The zero-order chi connectivity index (χ0) is 9.26. The topological polar surface area (TPSA) is 24.9 Å². The number of hydrogen-bond donors (Lipinski definition) is 1. The van der Waals surface area contributed by atoms with Gasteiger partial charge in [0, 0.05) is 4.88 Å². The molecule has 0 bridgehead atoms. The van der Waals surface area contributed by atoms with Crippen LogP contribution in [-0.2, 0) is 12.8 Å². The van der Waals surface area contributed by atoms with Gasteiger partial charge >= 0.3 is 0 Å². The Bertz CT molecular complexity index is 272. The maximum absolute atomic E-state index is 4.67. The van der Waals surface area contributed by atoms with Gasteiger partial charge in [0.15, 0.2) is 0 Å². The summed E-state index contributed by atoms with van der Waals surface area (Å²) < 4.78 is 0. The first-order valence-corrected chi connectivity index (χ1v) is 5.84. The molecule has 1 unspecified atom stereocenters. The van der Waals surface area contributed by atoms with Gasteiger partial charge in [0.05, 0.1) is 11.7 Å². The summed E-state index contributed by atoms with van der Waals surface area (Å²) >= 11 is 1.90. The largest absolute Gasteiger partial charge is 0.308 e. The molecule has 13 heavy (non-hydrogen) atoms. The van der Waals surface area contributed by atoms with E-state index in [1.165, 1.54) is 34.8 Å². The van der Waals surface area contributed by atoms with Crippen molar-refractivity contribution in [1.29, 1.82) is 0 Å². The standard InChI is InChI=1S/C10H16N2S/c1-3-11-7(2)10-12-8-5-4-6-9(8)13-10/h7,11H,3-6H2,1-2H3. The molecule has 2 nitrogen and oxygen atoms in total. The summed E-state index contributed by atoms with van der Waals surface area (Å²) in [4.78, 5) is 6.19. The van der Waals surface area contributed by atoms with E-state index >= 15 is 0 Å². The number of nitrogens with zero attached hydrogens (tertiary/aromatic N) is 1. The molecule has 0 saturated carbocycles. The molecule has 0 radical (unpaired) electrons. The molecule has 0 aromatic carbocycles. The third-order valence-electron chi connectivity index (χ3n) is 2.49. The summed E-state index contributed by atoms with van der Waals surface area (Å²) in [6.45, 7) is 5.35. The van der Waals surface area contributed by atoms with Crippen LogP contribution in [0.25, 0.3) is 0 Å². The summed E-state index contributed by atoms with van der Waals surface area (Å²) in [7, 11) is 0. The van der Waals surface area contributed by atoms with Crippen LogP contribution in [0.3, 0.4) is 0 Å². The van der Waals surface area contributed by atoms with Crippen LogP contribution in [0.1, 0.15) is 41.9 Å². The quantitative estimate of drug-likeness (QED) is 0.802. The maximum Gasteiger partial charge on any atom is 0.110 e. The highest BCUT2D eigenvalue weighted by molar-refractivity contribution is 7.11. The number of rotatable bonds is 3. The van der Waals surface area contributed by atoms with Gasteiger partial charge in [0.25, 0.3) is 0 Å². The van der Waals surface area contributed by atoms with Crippen molar-refractivity contribution in [3.63, 3.8) is 0 Å². The van der Waals surface area contributed by atoms with E-state index in [1.54, 1.807) is 0 Å². The monoisotopic (exact) mass is 196 g/mol. The fraction of sp³-hybridized carbons (Fsp3) is 0.700. The summed E-state index contributed by atoms with van der Waals surface area (Å²) in [5, 5.41) is 4.67. The molecule has 1 aliphatic rings. The van der Waals surface area contributed by atoms with E-state index in [1.807, 2.05) is 11.3 Å². The van der Waals surface area contributed by atoms with E-state index in [0.717, 1.165) is 6.54 Å². The number of fused-ring (bicyclic) bond motifs is 1. The minimum atomic E-state index is 0.431. The molecule has 0 spiro atoms. The van der Waals surface area contributed by atoms with Crippen molar-refractivity contribution in [3.05, 3.63) is 15.6 Å². The Morgan fingerprint density at radius 1 is 1.54 bits per heavy atom. The first kappa shape index (κ1) is 9.16. The van der Waals surface area contributed by atoms with E-state index < -0.39 is 0 Å². The average Bonchev–Trinajstić information content (AvgIpc) is 2.61. The van der Waals surface area contributed by atoms with Crippen LogP contribution < -0.4 is 5.32 Å². The Hall–Kier alpha value is -0.410. The van der Waals surface area contributed by atoms with Crippen molar-refractivity contribution in [1.82, 2.24) is 10.3 Å². The minimum Gasteiger partial charge on any atom is -0.308 e. The zero-order valence-electron chi connectivity index (χ0n) is 8.26. The fourth-order valence-corrected chi connectivity index (χ4v) is 2.97. The van der Waals surface area contributed by atoms with Crippen molar-refractivity contribution in [2.24, 2.45) is 0 Å². The van der Waals surface area contributed by atoms with Crippen molar-refractivity contribution in [3.8, 4) is 0 Å². The second kappa shape index (κ2) is 3.76. The van der Waals surface area contributed by atoms with Crippen molar-refractivity contribution in [2.45, 2.75) is 39.2 Å². The molecule has 1 N–H and O–H groups in total. The molecular formula is C10H16N2S. The second-order valence-corrected chi connectivity index (χ2v) is 4.67. The van der Waals surface area contributed by atoms with Gasteiger partial charge in [-0.15, -0.1) is 11.3 Å². The molecule has 1 aromatic heterocycles. The summed E-state index contributed by atoms with van der Waals surface area (Å²) in [5.41, 5.74) is 1.37. The van der Waals surface area contributed by atoms with Gasteiger partial charge in [-0.2, -0.15) is 0 Å². The lowest BCUT2D eigenvalue weighted by molar-refractivity contribution is 0.593. The van der Waals surface area contributed by atoms with Gasteiger partial charge < -0.3 is 5.32 Å². The maximum atomic E-state index is 4.67. The molecule has 0 fully saturated rings. The van der Waals surface area contributed by atoms with Crippen molar-refractivity contribution < 1.29 is 0 Å². The Morgan fingerprint density at radius 3 is 3.08 bits per heavy atom. The summed E-state index contributed by atoms with van der Waals surface area (Å²) in [5.74, 6) is 0. The van der Waals surface area contributed by atoms with Gasteiger partial charge in [-0.3, -0.25) is 0 Å². The first-order valence-electron chi connectivity index (χ1n) is 5.03. The van der Waals surface area contributed by atoms with Crippen LogP contribution in [0.2, 0.25) is 0 Å². The van der Waals surface area contributed by atoms with E-state index in [0.29, 0.717) is 6.04 Å². The van der Waals surface area contributed by atoms with E-state index in [2.05, 4.69) is 24.1 Å². The van der Waals surface area contributed by atoms with Gasteiger partial charge in [-0.25, -0.2) is 4.98 Å². The summed E-state index contributed by atoms with van der Waals surface area (Å²) in [6, 6.07) is 0.431. The molecule has 0 amide bonds. The van der Waals surface area contributed by atoms with Crippen LogP contribution in [0.5, 0.6) is 0 Å². The second-order valence-electron chi connectivity index (χ2n) is 3.55. The van der Waals surface area contributed by atoms with Crippen LogP contribution in [0, 0.1) is 0 Å². The molecule has 2 rings (SSSR count). The Kier molecular flexibility index (Phi) is 2.65. The highest BCUT2D eigenvalue weighted by atomic mass is 32.1. The van der Waals surface area contributed by atoms with Crippen molar-refractivity contribution >= 4 is 11.3 Å². The molecule has 1 atom stereocenters. The van der Waals surface area contributed by atoms with Crippen molar-refractivity contribution in [2.75, 3.05) is 6.54 Å². The Labute approximate surface area is 83.4 Å². The molecule has 72 valence electrons. The highest BCUT2D eigenvalue weighted by Crippen LogP contribution is 2.30. The van der Waals surface area contributed by atoms with Crippen LogP contribution in [-0.4, -0.2) is 11.5 Å². The molecular weight excluding hydrogens is 180 g/mol. The molecule has 0 saturated heterocycles. The minimum absolute atomic E-state index is 0.431. The van der Waals surface area contributed by atoms with Gasteiger partial charge in [0.1, 0.15) is 5.01 Å². The predicted molar refractivity (Wildman–Crippen MR) is 56.2 cm³/mol. The average molecular weight is 196 g/mol. The lowest BCUT2D eigenvalue weighted by Gasteiger charge is -2.07. The molecule has 1 heterocycles. The molecule has 1 aliphatic carbocycles. The summed E-state index contributed by atoms with van der Waals surface area (Å²) in [6.07, 6.45) is 3.76. The first-order chi connectivity index (χ1) is 6.31. The Morgan fingerprint density at radius 2 is 2.38 bits per heavy atom. The van der Waals surface area contributed by atoms with Crippen LogP contribution >= 0.6 is 11.3 Å². The SMILES string of the molecule is CCNC(C)c1nc2c(s1)CCC2. The zero-order valence-corrected chi connectivity index (χ0v) is 9.08. The Balaban J connectivity index is 2.13. The van der Waals surface area contributed by atoms with E-state index in [4.69, 9.17) is 0 Å². The smallest absolute Gasteiger partial charge is 0.110 e. The number of aromatic nitrogens is 1. The number of aryl methyl sites for hydroxylation is 2. The third-order valence-corrected chi connectivity index (χ3v) is 3.83. The number of thiazole rings is 1. The fourth-order valence-electron chi connectivity index (χ4n) is 1.79. The third kappa shape index (κ3) is 1.76. The van der Waals surface area contributed by atoms with E-state index in [9.17, 15) is 0 Å². The van der Waals surface area contributed by atoms with Crippen LogP contribution in [0.15, 0.2) is 0 Å². The van der Waals surface area contributed by atoms with Gasteiger partial charge in [0.2, 0.25) is 0 Å². The normalized spacial score (nSPS) is 17.4. The number of hydrogen-bond acceptors (Lipinski definition) is 3. The lowest BCUT2D eigenvalue weighted by Crippen LogP contribution is -2.17. The number of nitrogens with one attached hydrogen (secondary N) is 1. The van der Waals surface area contributed by atoms with Gasteiger partial charge in [-0.05, 0) is 32.7 Å². The van der Waals surface area contributed by atoms with E-state index in [-0.39, 0.29) is 0 Å². The lowest BCUT2D eigenvalue weighted by atomic mass is 10.3. The highest BCUT2D eigenvalue weighted by Gasteiger charge is 2.18. The molecule has 1 aromatic rings. The predicted octanol–water partition coefficient (Wildman–Crippen LogP) is 2.30. The van der Waals surface area contributed by atoms with Crippen LogP contribution in [0.4, 0.5) is 0 Å².